The predicted octanol–water partition coefficient (Wildman–Crippen LogP) is 4.41. The van der Waals surface area contributed by atoms with Gasteiger partial charge >= 0.3 is 6.18 Å². The molecule has 9 heteroatoms. The van der Waals surface area contributed by atoms with Gasteiger partial charge in [-0.15, -0.1) is 0 Å². The smallest absolute Gasteiger partial charge is 0.337 e. The van der Waals surface area contributed by atoms with Crippen LogP contribution in [0.3, 0.4) is 0 Å². The van der Waals surface area contributed by atoms with E-state index >= 15 is 0 Å². The predicted molar refractivity (Wildman–Crippen MR) is 121 cm³/mol. The molecule has 2 aromatic rings. The van der Waals surface area contributed by atoms with Crippen LogP contribution in [-0.4, -0.2) is 54.3 Å². The van der Waals surface area contributed by atoms with E-state index < -0.39 is 17.6 Å². The summed E-state index contributed by atoms with van der Waals surface area (Å²) in [6.07, 6.45) is -3.86. The van der Waals surface area contributed by atoms with Gasteiger partial charge in [-0.1, -0.05) is 24.3 Å². The largest absolute Gasteiger partial charge is 0.418 e. The number of nitrogens with zero attached hydrogens (tertiary/aromatic N) is 2. The maximum atomic E-state index is 13.1. The maximum absolute atomic E-state index is 13.1. The molecule has 0 spiro atoms. The number of alkyl halides is 3. The van der Waals surface area contributed by atoms with Crippen molar-refractivity contribution in [1.29, 1.82) is 0 Å². The third-order valence-electron chi connectivity index (χ3n) is 5.17. The molecule has 3 rings (SSSR count). The highest BCUT2D eigenvalue weighted by Gasteiger charge is 2.33. The van der Waals surface area contributed by atoms with Crippen molar-refractivity contribution in [3.63, 3.8) is 0 Å². The van der Waals surface area contributed by atoms with Gasteiger partial charge in [0.1, 0.15) is 0 Å². The average Bonchev–Trinajstić information content (AvgIpc) is 2.94. The summed E-state index contributed by atoms with van der Waals surface area (Å²) >= 11 is 2.17. The highest BCUT2D eigenvalue weighted by atomic mass is 127. The standard InChI is InChI=1S/C22H23F3IN3O2/c1-15-6-4-7-16(20(15)26)21(31)29-11-5-10-28(12-13-29)14-19(30)27-18-9-3-2-8-17(18)22(23,24)25/h2-4,6-9H,5,10-14H2,1H3,(H,27,30). The summed E-state index contributed by atoms with van der Waals surface area (Å²) in [5.74, 6) is -0.553. The van der Waals surface area contributed by atoms with E-state index in [0.717, 1.165) is 15.2 Å². The Hall–Kier alpha value is -2.14. The van der Waals surface area contributed by atoms with E-state index in [1.807, 2.05) is 30.0 Å². The minimum Gasteiger partial charge on any atom is -0.337 e. The molecule has 0 radical (unpaired) electrons. The zero-order chi connectivity index (χ0) is 22.6. The summed E-state index contributed by atoms with van der Waals surface area (Å²) in [5.41, 5.74) is 0.582. The highest BCUT2D eigenvalue weighted by Crippen LogP contribution is 2.34. The van der Waals surface area contributed by atoms with Crippen LogP contribution in [-0.2, 0) is 11.0 Å². The first kappa shape index (κ1) is 23.5. The molecule has 0 atom stereocenters. The fraction of sp³-hybridized carbons (Fsp3) is 0.364. The van der Waals surface area contributed by atoms with Gasteiger partial charge in [-0.2, -0.15) is 13.2 Å². The van der Waals surface area contributed by atoms with Gasteiger partial charge < -0.3 is 10.2 Å². The first-order valence-corrected chi connectivity index (χ1v) is 11.0. The first-order valence-electron chi connectivity index (χ1n) is 9.89. The molecule has 5 nitrogen and oxygen atoms in total. The van der Waals surface area contributed by atoms with E-state index in [2.05, 4.69) is 27.9 Å². The van der Waals surface area contributed by atoms with Crippen molar-refractivity contribution in [2.24, 2.45) is 0 Å². The van der Waals surface area contributed by atoms with Gasteiger partial charge in [0.25, 0.3) is 5.91 Å². The number of rotatable bonds is 4. The maximum Gasteiger partial charge on any atom is 0.418 e. The quantitative estimate of drug-likeness (QED) is 0.580. The van der Waals surface area contributed by atoms with Crippen molar-refractivity contribution in [3.8, 4) is 0 Å². The van der Waals surface area contributed by atoms with Crippen LogP contribution in [0, 0.1) is 10.5 Å². The second kappa shape index (κ2) is 9.99. The summed E-state index contributed by atoms with van der Waals surface area (Å²) in [4.78, 5) is 29.0. The summed E-state index contributed by atoms with van der Waals surface area (Å²) < 4.78 is 40.3. The molecule has 0 aromatic heterocycles. The van der Waals surface area contributed by atoms with Crippen LogP contribution in [0.4, 0.5) is 18.9 Å². The van der Waals surface area contributed by atoms with E-state index in [1.54, 1.807) is 4.90 Å². The normalized spacial score (nSPS) is 15.5. The number of halogens is 4. The molecule has 1 N–H and O–H groups in total. The fourth-order valence-corrected chi connectivity index (χ4v) is 4.14. The first-order chi connectivity index (χ1) is 14.7. The number of nitrogens with one attached hydrogen (secondary N) is 1. The molecule has 0 saturated carbocycles. The second-order valence-electron chi connectivity index (χ2n) is 7.45. The Kier molecular flexibility index (Phi) is 7.58. The molecule has 1 heterocycles. The third kappa shape index (κ3) is 5.97. The lowest BCUT2D eigenvalue weighted by atomic mass is 10.1. The minimum absolute atomic E-state index is 0.0315. The SMILES string of the molecule is Cc1cccc(C(=O)N2CCCN(CC(=O)Nc3ccccc3C(F)(F)F)CC2)c1I. The molecular weight excluding hydrogens is 522 g/mol. The van der Waals surface area contributed by atoms with Crippen LogP contribution in [0.15, 0.2) is 42.5 Å². The van der Waals surface area contributed by atoms with Crippen molar-refractivity contribution < 1.29 is 22.8 Å². The van der Waals surface area contributed by atoms with E-state index in [-0.39, 0.29) is 18.1 Å². The number of amides is 2. The van der Waals surface area contributed by atoms with Gasteiger partial charge in [0.15, 0.2) is 0 Å². The zero-order valence-corrected chi connectivity index (χ0v) is 19.2. The molecule has 1 aliphatic heterocycles. The molecule has 166 valence electrons. The monoisotopic (exact) mass is 545 g/mol. The van der Waals surface area contributed by atoms with Crippen LogP contribution in [0.2, 0.25) is 0 Å². The van der Waals surface area contributed by atoms with Crippen molar-refractivity contribution in [3.05, 3.63) is 62.7 Å². The third-order valence-corrected chi connectivity index (χ3v) is 6.60. The number of aryl methyl sites for hydroxylation is 1. The lowest BCUT2D eigenvalue weighted by Crippen LogP contribution is -2.38. The Morgan fingerprint density at radius 1 is 1.03 bits per heavy atom. The van der Waals surface area contributed by atoms with Crippen molar-refractivity contribution in [1.82, 2.24) is 9.80 Å². The Balaban J connectivity index is 1.60. The fourth-order valence-electron chi connectivity index (χ4n) is 3.55. The van der Waals surface area contributed by atoms with Crippen molar-refractivity contribution in [2.75, 3.05) is 38.0 Å². The summed E-state index contributed by atoms with van der Waals surface area (Å²) in [5, 5.41) is 2.38. The topological polar surface area (TPSA) is 52.7 Å². The lowest BCUT2D eigenvalue weighted by molar-refractivity contribution is -0.137. The average molecular weight is 545 g/mol. The van der Waals surface area contributed by atoms with Crippen LogP contribution in [0.1, 0.15) is 27.9 Å². The molecule has 2 aromatic carbocycles. The molecule has 1 fully saturated rings. The minimum atomic E-state index is -4.54. The van der Waals surface area contributed by atoms with Crippen LogP contribution in [0.5, 0.6) is 0 Å². The lowest BCUT2D eigenvalue weighted by Gasteiger charge is -2.23. The molecule has 31 heavy (non-hydrogen) atoms. The Morgan fingerprint density at radius 2 is 1.77 bits per heavy atom. The molecule has 0 unspecified atom stereocenters. The van der Waals surface area contributed by atoms with Crippen LogP contribution >= 0.6 is 22.6 Å². The van der Waals surface area contributed by atoms with E-state index in [0.29, 0.717) is 38.2 Å². The molecule has 1 aliphatic rings. The number of hydrogen-bond donors (Lipinski definition) is 1. The Labute approximate surface area is 192 Å². The van der Waals surface area contributed by atoms with Gasteiger partial charge in [0.2, 0.25) is 5.91 Å². The van der Waals surface area contributed by atoms with Gasteiger partial charge in [-0.3, -0.25) is 14.5 Å². The summed E-state index contributed by atoms with van der Waals surface area (Å²) in [6.45, 7) is 4.01. The van der Waals surface area contributed by atoms with Crippen LogP contribution < -0.4 is 5.32 Å². The molecule has 1 saturated heterocycles. The molecular formula is C22H23F3IN3O2. The number of carbonyl (C=O) groups excluding carboxylic acids is 2. The highest BCUT2D eigenvalue weighted by molar-refractivity contribution is 14.1. The Bertz CT molecular complexity index is 965. The second-order valence-corrected chi connectivity index (χ2v) is 8.53. The molecule has 0 aliphatic carbocycles. The number of hydrogen-bond acceptors (Lipinski definition) is 3. The summed E-state index contributed by atoms with van der Waals surface area (Å²) in [7, 11) is 0. The molecule has 0 bridgehead atoms. The number of para-hydroxylation sites is 1. The number of anilines is 1. The van der Waals surface area contributed by atoms with E-state index in [1.165, 1.54) is 18.2 Å². The molecule has 2 amide bonds. The van der Waals surface area contributed by atoms with Crippen LogP contribution in [0.25, 0.3) is 0 Å². The number of carbonyl (C=O) groups is 2. The van der Waals surface area contributed by atoms with Crippen molar-refractivity contribution in [2.45, 2.75) is 19.5 Å². The van der Waals surface area contributed by atoms with Gasteiger partial charge in [-0.05, 0) is 59.7 Å². The van der Waals surface area contributed by atoms with Gasteiger partial charge in [-0.25, -0.2) is 0 Å². The van der Waals surface area contributed by atoms with Gasteiger partial charge in [0.05, 0.1) is 23.4 Å². The van der Waals surface area contributed by atoms with E-state index in [4.69, 9.17) is 0 Å². The summed E-state index contributed by atoms with van der Waals surface area (Å²) in [6, 6.07) is 10.5. The zero-order valence-electron chi connectivity index (χ0n) is 17.0. The van der Waals surface area contributed by atoms with Crippen molar-refractivity contribution >= 4 is 40.1 Å². The Morgan fingerprint density at radius 3 is 2.52 bits per heavy atom. The number of benzene rings is 2. The van der Waals surface area contributed by atoms with Gasteiger partial charge in [0, 0.05) is 29.7 Å². The van der Waals surface area contributed by atoms with E-state index in [9.17, 15) is 22.8 Å².